The van der Waals surface area contributed by atoms with Crippen LogP contribution in [0.5, 0.6) is 5.75 Å². The van der Waals surface area contributed by atoms with E-state index in [1.807, 2.05) is 0 Å². The summed E-state index contributed by atoms with van der Waals surface area (Å²) >= 11 is 9.70. The third-order valence-corrected chi connectivity index (χ3v) is 13.0. The number of hydrogen-bond donors (Lipinski definition) is 1. The molecule has 0 aliphatic heterocycles. The van der Waals surface area contributed by atoms with Gasteiger partial charge in [-0.2, -0.15) is 0 Å². The molecule has 30 heavy (non-hydrogen) atoms. The molecule has 164 valence electrons. The van der Waals surface area contributed by atoms with Crippen molar-refractivity contribution in [3.63, 3.8) is 0 Å². The summed E-state index contributed by atoms with van der Waals surface area (Å²) in [6.07, 6.45) is 0. The molecule has 2 aromatic rings. The summed E-state index contributed by atoms with van der Waals surface area (Å²) in [6.45, 7) is 12.0. The summed E-state index contributed by atoms with van der Waals surface area (Å²) in [5, 5.41) is 9.57. The van der Waals surface area contributed by atoms with Crippen LogP contribution < -0.4 is 4.43 Å². The molecule has 1 N–H and O–H groups in total. The first-order chi connectivity index (χ1) is 13.6. The number of aromatic carboxylic acids is 1. The molecule has 0 amide bonds. The molecule has 0 bridgehead atoms. The van der Waals surface area contributed by atoms with Crippen molar-refractivity contribution in [1.82, 2.24) is 0 Å². The highest BCUT2D eigenvalue weighted by Crippen LogP contribution is 2.41. The fraction of sp³-hybridized carbons (Fsp3) is 0.381. The van der Waals surface area contributed by atoms with E-state index in [4.69, 9.17) is 16.0 Å². The molecule has 0 spiro atoms. The molecular formula is C21H26BrClO5SSi. The predicted octanol–water partition coefficient (Wildman–Crippen LogP) is 6.47. The van der Waals surface area contributed by atoms with E-state index in [0.29, 0.717) is 26.4 Å². The van der Waals surface area contributed by atoms with Gasteiger partial charge in [0.2, 0.25) is 0 Å². The van der Waals surface area contributed by atoms with Gasteiger partial charge in [0.25, 0.3) is 8.32 Å². The van der Waals surface area contributed by atoms with E-state index in [1.54, 1.807) is 25.1 Å². The van der Waals surface area contributed by atoms with Gasteiger partial charge in [0.05, 0.1) is 21.2 Å². The lowest BCUT2D eigenvalue weighted by molar-refractivity contribution is 0.0696. The van der Waals surface area contributed by atoms with Crippen LogP contribution >= 0.6 is 27.5 Å². The smallest absolute Gasteiger partial charge is 0.335 e. The number of halogens is 2. The van der Waals surface area contributed by atoms with Crippen molar-refractivity contribution in [2.45, 2.75) is 56.5 Å². The van der Waals surface area contributed by atoms with Crippen LogP contribution in [0.25, 0.3) is 0 Å². The standard InChI is InChI=1S/C21H26BrClO5SSi/c1-13-10-15(20(24)25)11-17(18(13)22)29(26,27)12-14-8-7-9-16(23)19(14)28-30(5,6)21(2,3)4/h7-11H,12H2,1-6H3,(H,24,25). The van der Waals surface area contributed by atoms with Crippen molar-refractivity contribution >= 4 is 51.7 Å². The molecule has 0 saturated carbocycles. The minimum atomic E-state index is -3.89. The van der Waals surface area contributed by atoms with Crippen LogP contribution in [0.2, 0.25) is 23.2 Å². The van der Waals surface area contributed by atoms with E-state index in [-0.39, 0.29) is 21.3 Å². The van der Waals surface area contributed by atoms with Crippen molar-refractivity contribution in [2.24, 2.45) is 0 Å². The minimum Gasteiger partial charge on any atom is -0.542 e. The van der Waals surface area contributed by atoms with Gasteiger partial charge in [-0.15, -0.1) is 0 Å². The molecule has 0 aromatic heterocycles. The van der Waals surface area contributed by atoms with Crippen LogP contribution in [-0.4, -0.2) is 27.8 Å². The first-order valence-corrected chi connectivity index (χ1v) is 15.0. The quantitative estimate of drug-likeness (QED) is 0.431. The topological polar surface area (TPSA) is 80.7 Å². The average molecular weight is 534 g/mol. The zero-order chi connectivity index (χ0) is 23.1. The summed E-state index contributed by atoms with van der Waals surface area (Å²) in [7, 11) is -6.16. The average Bonchev–Trinajstić information content (AvgIpc) is 2.58. The van der Waals surface area contributed by atoms with E-state index in [0.717, 1.165) is 0 Å². The van der Waals surface area contributed by atoms with Crippen LogP contribution in [0.3, 0.4) is 0 Å². The number of aryl methyl sites for hydroxylation is 1. The number of hydrogen-bond acceptors (Lipinski definition) is 4. The Morgan fingerprint density at radius 2 is 1.83 bits per heavy atom. The second-order valence-corrected chi connectivity index (χ2v) is 16.6. The van der Waals surface area contributed by atoms with Gasteiger partial charge in [-0.1, -0.05) is 44.5 Å². The maximum atomic E-state index is 13.3. The number of sulfone groups is 1. The SMILES string of the molecule is Cc1cc(C(=O)O)cc(S(=O)(=O)Cc2cccc(Cl)c2O[Si](C)(C)C(C)(C)C)c1Br. The van der Waals surface area contributed by atoms with E-state index >= 15 is 0 Å². The third-order valence-electron chi connectivity index (χ3n) is 5.36. The molecule has 0 aliphatic carbocycles. The van der Waals surface area contributed by atoms with Gasteiger partial charge in [0.1, 0.15) is 5.75 Å². The molecule has 0 heterocycles. The maximum absolute atomic E-state index is 13.3. The minimum absolute atomic E-state index is 0.0712. The van der Waals surface area contributed by atoms with Gasteiger partial charge >= 0.3 is 5.97 Å². The molecule has 0 atom stereocenters. The summed E-state index contributed by atoms with van der Waals surface area (Å²) in [5.41, 5.74) is 0.882. The molecule has 0 radical (unpaired) electrons. The molecule has 5 nitrogen and oxygen atoms in total. The van der Waals surface area contributed by atoms with Gasteiger partial charge in [0, 0.05) is 10.0 Å². The number of benzene rings is 2. The molecule has 2 aromatic carbocycles. The fourth-order valence-electron chi connectivity index (χ4n) is 2.56. The molecular weight excluding hydrogens is 508 g/mol. The van der Waals surface area contributed by atoms with Crippen LogP contribution in [0.4, 0.5) is 0 Å². The normalized spacial score (nSPS) is 12.7. The molecule has 0 unspecified atom stereocenters. The summed E-state index contributed by atoms with van der Waals surface area (Å²) < 4.78 is 33.2. The Kier molecular flexibility index (Phi) is 7.18. The fourth-order valence-corrected chi connectivity index (χ4v) is 6.42. The second-order valence-electron chi connectivity index (χ2n) is 8.76. The predicted molar refractivity (Wildman–Crippen MR) is 126 cm³/mol. The number of rotatable bonds is 6. The van der Waals surface area contributed by atoms with Gasteiger partial charge in [-0.3, -0.25) is 0 Å². The van der Waals surface area contributed by atoms with Gasteiger partial charge < -0.3 is 9.53 Å². The number of carboxylic acid groups (broad SMARTS) is 1. The Morgan fingerprint density at radius 3 is 2.37 bits per heavy atom. The lowest BCUT2D eigenvalue weighted by Crippen LogP contribution is -2.44. The Bertz CT molecular complexity index is 1090. The number of carbonyl (C=O) groups is 1. The van der Waals surface area contributed by atoms with Crippen LogP contribution in [-0.2, 0) is 15.6 Å². The monoisotopic (exact) mass is 532 g/mol. The molecule has 2 rings (SSSR count). The lowest BCUT2D eigenvalue weighted by atomic mass is 10.1. The van der Waals surface area contributed by atoms with Crippen LogP contribution in [0.1, 0.15) is 42.3 Å². The van der Waals surface area contributed by atoms with Crippen molar-refractivity contribution in [3.8, 4) is 5.75 Å². The van der Waals surface area contributed by atoms with Crippen molar-refractivity contribution in [3.05, 3.63) is 56.5 Å². The second kappa shape index (κ2) is 8.65. The first-order valence-electron chi connectivity index (χ1n) is 9.29. The Labute approximate surface area is 192 Å². The molecule has 0 saturated heterocycles. The van der Waals surface area contributed by atoms with Crippen molar-refractivity contribution in [2.75, 3.05) is 0 Å². The Hall–Kier alpha value is -1.35. The van der Waals surface area contributed by atoms with Crippen LogP contribution in [0, 0.1) is 6.92 Å². The highest BCUT2D eigenvalue weighted by molar-refractivity contribution is 9.10. The van der Waals surface area contributed by atoms with E-state index < -0.39 is 24.1 Å². The summed E-state index contributed by atoms with van der Waals surface area (Å²) in [6, 6.07) is 7.63. The largest absolute Gasteiger partial charge is 0.542 e. The number of para-hydroxylation sites is 1. The molecule has 0 fully saturated rings. The Morgan fingerprint density at radius 1 is 1.23 bits per heavy atom. The summed E-state index contributed by atoms with van der Waals surface area (Å²) in [5.74, 6) is -1.18. The molecule has 9 heteroatoms. The lowest BCUT2D eigenvalue weighted by Gasteiger charge is -2.37. The van der Waals surface area contributed by atoms with E-state index in [1.165, 1.54) is 12.1 Å². The third kappa shape index (κ3) is 5.27. The highest BCUT2D eigenvalue weighted by Gasteiger charge is 2.40. The first kappa shape index (κ1) is 24.9. The zero-order valence-corrected chi connectivity index (χ0v) is 22.0. The van der Waals surface area contributed by atoms with E-state index in [9.17, 15) is 18.3 Å². The maximum Gasteiger partial charge on any atom is 0.335 e. The van der Waals surface area contributed by atoms with Crippen molar-refractivity contribution in [1.29, 1.82) is 0 Å². The van der Waals surface area contributed by atoms with Gasteiger partial charge in [-0.25, -0.2) is 13.2 Å². The zero-order valence-electron chi connectivity index (χ0n) is 17.8. The number of carboxylic acids is 1. The van der Waals surface area contributed by atoms with E-state index in [2.05, 4.69) is 49.8 Å². The van der Waals surface area contributed by atoms with Gasteiger partial charge in [0.15, 0.2) is 9.84 Å². The van der Waals surface area contributed by atoms with Gasteiger partial charge in [-0.05, 0) is 64.7 Å². The van der Waals surface area contributed by atoms with Crippen LogP contribution in [0.15, 0.2) is 39.7 Å². The summed E-state index contributed by atoms with van der Waals surface area (Å²) in [4.78, 5) is 11.3. The highest BCUT2D eigenvalue weighted by atomic mass is 79.9. The molecule has 0 aliphatic rings. The van der Waals surface area contributed by atoms with Crippen molar-refractivity contribution < 1.29 is 22.7 Å². The Balaban J connectivity index is 2.56.